The fourth-order valence-corrected chi connectivity index (χ4v) is 7.91. The number of aliphatic carboxylic acids is 1. The Morgan fingerprint density at radius 2 is 1.94 bits per heavy atom. The number of alkyl halides is 1. The zero-order chi connectivity index (χ0) is 23.4. The van der Waals surface area contributed by atoms with E-state index in [0.29, 0.717) is 24.8 Å². The van der Waals surface area contributed by atoms with Crippen LogP contribution in [-0.4, -0.2) is 50.2 Å². The van der Waals surface area contributed by atoms with Crippen molar-refractivity contribution in [1.82, 2.24) is 0 Å². The molecule has 0 aromatic carbocycles. The molecule has 0 aromatic heterocycles. The van der Waals surface area contributed by atoms with Gasteiger partial charge in [0.15, 0.2) is 17.1 Å². The van der Waals surface area contributed by atoms with E-state index in [-0.39, 0.29) is 18.1 Å². The molecule has 172 valence electrons. The summed E-state index contributed by atoms with van der Waals surface area (Å²) >= 11 is 0. The molecule has 1 heterocycles. The van der Waals surface area contributed by atoms with Gasteiger partial charge in [0.05, 0.1) is 6.10 Å². The van der Waals surface area contributed by atoms with Gasteiger partial charge >= 0.3 is 5.97 Å². The number of ether oxygens (including phenoxy) is 1. The van der Waals surface area contributed by atoms with Gasteiger partial charge in [-0.15, -0.1) is 0 Å². The smallest absolute Gasteiger partial charge is 0.375 e. The van der Waals surface area contributed by atoms with Gasteiger partial charge < -0.3 is 20.1 Å². The van der Waals surface area contributed by atoms with E-state index in [0.717, 1.165) is 0 Å². The second kappa shape index (κ2) is 6.10. The molecule has 5 rings (SSSR count). The Bertz CT molecular complexity index is 1060. The van der Waals surface area contributed by atoms with Crippen molar-refractivity contribution in [3.05, 3.63) is 35.3 Å². The van der Waals surface area contributed by atoms with Crippen molar-refractivity contribution in [3.8, 4) is 0 Å². The fourth-order valence-electron chi connectivity index (χ4n) is 7.91. The molecule has 0 radical (unpaired) electrons. The van der Waals surface area contributed by atoms with Gasteiger partial charge in [0.25, 0.3) is 5.76 Å². The predicted octanol–water partition coefficient (Wildman–Crippen LogP) is 2.80. The first kappa shape index (κ1) is 21.4. The summed E-state index contributed by atoms with van der Waals surface area (Å²) in [6.45, 7) is 5.20. The third-order valence-corrected chi connectivity index (χ3v) is 9.41. The lowest BCUT2D eigenvalue weighted by Crippen LogP contribution is -2.69. The largest absolute Gasteiger partial charge is 0.501 e. The molecular formula is C24H27FO7. The normalized spacial score (nSPS) is 49.5. The van der Waals surface area contributed by atoms with E-state index in [2.05, 4.69) is 0 Å². The Morgan fingerprint density at radius 1 is 1.25 bits per heavy atom. The molecule has 5 aliphatic rings. The fraction of sp³-hybridized carbons (Fsp3) is 0.625. The maximum atomic E-state index is 17.1. The monoisotopic (exact) mass is 446 g/mol. The van der Waals surface area contributed by atoms with Crippen LogP contribution in [0.4, 0.5) is 4.39 Å². The molecule has 8 atom stereocenters. The molecule has 1 aliphatic heterocycles. The van der Waals surface area contributed by atoms with Crippen LogP contribution in [0, 0.1) is 28.6 Å². The number of aliphatic hydroxyl groups excluding tert-OH is 2. The molecule has 3 saturated carbocycles. The van der Waals surface area contributed by atoms with Crippen molar-refractivity contribution in [2.24, 2.45) is 28.6 Å². The van der Waals surface area contributed by atoms with Crippen LogP contribution in [0.15, 0.2) is 35.3 Å². The van der Waals surface area contributed by atoms with Gasteiger partial charge in [-0.1, -0.05) is 25.5 Å². The molecular weight excluding hydrogens is 419 g/mol. The number of rotatable bonds is 1. The van der Waals surface area contributed by atoms with Crippen LogP contribution in [0.5, 0.6) is 0 Å². The summed E-state index contributed by atoms with van der Waals surface area (Å²) < 4.78 is 22.9. The number of aliphatic hydroxyl groups is 2. The van der Waals surface area contributed by atoms with Gasteiger partial charge in [0.2, 0.25) is 11.5 Å². The first-order valence-electron chi connectivity index (χ1n) is 11.1. The minimum Gasteiger partial charge on any atom is -0.501 e. The Morgan fingerprint density at radius 3 is 2.56 bits per heavy atom. The van der Waals surface area contributed by atoms with Gasteiger partial charge in [-0.05, 0) is 50.7 Å². The van der Waals surface area contributed by atoms with Crippen molar-refractivity contribution >= 4 is 17.5 Å². The van der Waals surface area contributed by atoms with Gasteiger partial charge in [-0.2, -0.15) is 0 Å². The Labute approximate surface area is 184 Å². The van der Waals surface area contributed by atoms with E-state index < -0.39 is 63.3 Å². The number of carbonyl (C=O) groups excluding carboxylic acids is 2. The number of carboxylic acid groups (broad SMARTS) is 1. The van der Waals surface area contributed by atoms with Gasteiger partial charge in [0, 0.05) is 22.7 Å². The number of fused-ring (bicyclic) bond motifs is 6. The second-order valence-corrected chi connectivity index (χ2v) is 10.6. The van der Waals surface area contributed by atoms with Gasteiger partial charge in [0.1, 0.15) is 0 Å². The second-order valence-electron chi connectivity index (χ2n) is 10.6. The van der Waals surface area contributed by atoms with Crippen molar-refractivity contribution < 1.29 is 38.8 Å². The third kappa shape index (κ3) is 2.08. The number of Topliss-reactive ketones (excluding diaryl/α,β-unsaturated/α-hetero) is 1. The van der Waals surface area contributed by atoms with Crippen LogP contribution in [0.3, 0.4) is 0 Å². The van der Waals surface area contributed by atoms with Crippen LogP contribution in [0.1, 0.15) is 46.5 Å². The molecule has 7 nitrogen and oxygen atoms in total. The highest BCUT2D eigenvalue weighted by atomic mass is 19.1. The molecule has 0 amide bonds. The molecule has 3 fully saturated rings. The number of hydrogen-bond acceptors (Lipinski definition) is 6. The van der Waals surface area contributed by atoms with Gasteiger partial charge in [-0.3, -0.25) is 9.59 Å². The van der Waals surface area contributed by atoms with Gasteiger partial charge in [-0.25, -0.2) is 9.18 Å². The van der Waals surface area contributed by atoms with Crippen LogP contribution >= 0.6 is 0 Å². The van der Waals surface area contributed by atoms with E-state index in [1.165, 1.54) is 12.2 Å². The zero-order valence-electron chi connectivity index (χ0n) is 18.2. The topological polar surface area (TPSA) is 121 Å². The lowest BCUT2D eigenvalue weighted by Gasteiger charge is -2.62. The molecule has 0 unspecified atom stereocenters. The summed E-state index contributed by atoms with van der Waals surface area (Å²) in [5.74, 6) is -5.78. The molecule has 4 aliphatic carbocycles. The highest BCUT2D eigenvalue weighted by Gasteiger charge is 2.78. The van der Waals surface area contributed by atoms with Crippen LogP contribution in [0.25, 0.3) is 0 Å². The first-order chi connectivity index (χ1) is 14.8. The van der Waals surface area contributed by atoms with Crippen molar-refractivity contribution in [2.45, 2.75) is 63.8 Å². The molecule has 1 spiro atoms. The quantitative estimate of drug-likeness (QED) is 0.566. The van der Waals surface area contributed by atoms with E-state index in [1.807, 2.05) is 0 Å². The maximum Gasteiger partial charge on any atom is 0.375 e. The van der Waals surface area contributed by atoms with Crippen LogP contribution in [-0.2, 0) is 19.1 Å². The minimum absolute atomic E-state index is 0.133. The molecule has 0 bridgehead atoms. The summed E-state index contributed by atoms with van der Waals surface area (Å²) in [4.78, 5) is 36.8. The van der Waals surface area contributed by atoms with E-state index in [4.69, 9.17) is 4.74 Å². The SMILES string of the molecule is C[C@@H]1C[C@H]2[C@@H]3CCC4=CC(=O)C=C[C@]4(C)[C@@]3(F)[C@@H](O)C[C@]2(C)[C@]12OC(C(=O)O)=C(O)C2=O. The summed E-state index contributed by atoms with van der Waals surface area (Å²) in [7, 11) is 0. The number of allylic oxidation sites excluding steroid dienone is 4. The Kier molecular flexibility index (Phi) is 4.07. The van der Waals surface area contributed by atoms with E-state index >= 15 is 4.39 Å². The van der Waals surface area contributed by atoms with Crippen molar-refractivity contribution in [3.63, 3.8) is 0 Å². The molecule has 32 heavy (non-hydrogen) atoms. The molecule has 0 aromatic rings. The Balaban J connectivity index is 1.63. The first-order valence-corrected chi connectivity index (χ1v) is 11.1. The average Bonchev–Trinajstić information content (AvgIpc) is 3.11. The average molecular weight is 446 g/mol. The number of carbonyl (C=O) groups is 3. The predicted molar refractivity (Wildman–Crippen MR) is 109 cm³/mol. The highest BCUT2D eigenvalue weighted by Crippen LogP contribution is 2.72. The number of ketones is 2. The number of hydrogen-bond donors (Lipinski definition) is 3. The van der Waals surface area contributed by atoms with Crippen molar-refractivity contribution in [2.75, 3.05) is 0 Å². The number of carboxylic acids is 1. The van der Waals surface area contributed by atoms with E-state index in [9.17, 15) is 29.7 Å². The molecule has 8 heteroatoms. The van der Waals surface area contributed by atoms with Crippen LogP contribution < -0.4 is 0 Å². The maximum absolute atomic E-state index is 17.1. The molecule has 3 N–H and O–H groups in total. The highest BCUT2D eigenvalue weighted by molar-refractivity contribution is 6.09. The van der Waals surface area contributed by atoms with Crippen molar-refractivity contribution in [1.29, 1.82) is 0 Å². The van der Waals surface area contributed by atoms with E-state index in [1.54, 1.807) is 26.8 Å². The Hall–Kier alpha value is -2.48. The third-order valence-electron chi connectivity index (χ3n) is 9.41. The molecule has 0 saturated heterocycles. The summed E-state index contributed by atoms with van der Waals surface area (Å²) in [6.07, 6.45) is 4.02. The lowest BCUT2D eigenvalue weighted by atomic mass is 9.44. The summed E-state index contributed by atoms with van der Waals surface area (Å²) in [6, 6.07) is 0. The standard InChI is InChI=1S/C24H27FO7/c1-11-8-15-14-5-4-12-9-13(26)6-7-21(12,2)23(14,25)16(27)10-22(15,3)24(11)19(29)17(28)18(32-24)20(30)31/h6-7,9,11,14-16,27-28H,4-5,8,10H2,1-3H3,(H,30,31)/t11-,14+,15+,16+,21+,22+,23+,24+/m1/s1. The van der Waals surface area contributed by atoms with Crippen LogP contribution in [0.2, 0.25) is 0 Å². The minimum atomic E-state index is -2.06. The summed E-state index contributed by atoms with van der Waals surface area (Å²) in [5, 5.41) is 31.0. The summed E-state index contributed by atoms with van der Waals surface area (Å²) in [5.41, 5.74) is -5.31. The number of halogens is 1. The zero-order valence-corrected chi connectivity index (χ0v) is 18.2. The lowest BCUT2D eigenvalue weighted by molar-refractivity contribution is -0.218.